The third-order valence-corrected chi connectivity index (χ3v) is 5.49. The van der Waals surface area contributed by atoms with Gasteiger partial charge >= 0.3 is 0 Å². The van der Waals surface area contributed by atoms with E-state index in [9.17, 15) is 9.59 Å². The van der Waals surface area contributed by atoms with Gasteiger partial charge in [0.1, 0.15) is 0 Å². The van der Waals surface area contributed by atoms with Crippen LogP contribution in [0.15, 0.2) is 24.3 Å². The van der Waals surface area contributed by atoms with E-state index in [0.717, 1.165) is 31.9 Å². The molecule has 0 spiro atoms. The quantitative estimate of drug-likeness (QED) is 0.881. The smallest absolute Gasteiger partial charge is 0.222 e. The van der Waals surface area contributed by atoms with Crippen LogP contribution in [-0.2, 0) is 16.1 Å². The number of rotatable bonds is 5. The zero-order chi connectivity index (χ0) is 18.7. The van der Waals surface area contributed by atoms with E-state index in [1.54, 1.807) is 0 Å². The molecule has 0 aliphatic carbocycles. The van der Waals surface area contributed by atoms with Gasteiger partial charge in [-0.05, 0) is 48.9 Å². The topological polar surface area (TPSA) is 52.7 Å². The zero-order valence-electron chi connectivity index (χ0n) is 16.2. The summed E-state index contributed by atoms with van der Waals surface area (Å²) in [6.07, 6.45) is 3.09. The molecule has 2 atom stereocenters. The van der Waals surface area contributed by atoms with Crippen molar-refractivity contribution in [2.45, 2.75) is 52.6 Å². The largest absolute Gasteiger partial charge is 0.341 e. The number of benzene rings is 1. The number of nitrogens with zero attached hydrogens (tertiary/aromatic N) is 2. The van der Waals surface area contributed by atoms with Gasteiger partial charge in [0.15, 0.2) is 0 Å². The molecule has 0 aromatic heterocycles. The van der Waals surface area contributed by atoms with Crippen molar-refractivity contribution in [3.05, 3.63) is 29.8 Å². The molecule has 0 unspecified atom stereocenters. The Hall–Kier alpha value is -1.88. The Balaban J connectivity index is 1.61. The van der Waals surface area contributed by atoms with Crippen molar-refractivity contribution in [3.8, 4) is 0 Å². The summed E-state index contributed by atoms with van der Waals surface area (Å²) in [5.74, 6) is 1.30. The van der Waals surface area contributed by atoms with Gasteiger partial charge in [0.25, 0.3) is 0 Å². The van der Waals surface area contributed by atoms with Gasteiger partial charge in [-0.1, -0.05) is 26.0 Å². The van der Waals surface area contributed by atoms with Gasteiger partial charge in [-0.25, -0.2) is 0 Å². The third-order valence-electron chi connectivity index (χ3n) is 5.49. The van der Waals surface area contributed by atoms with Crippen molar-refractivity contribution in [3.63, 3.8) is 0 Å². The predicted molar refractivity (Wildman–Crippen MR) is 104 cm³/mol. The molecule has 3 rings (SSSR count). The number of anilines is 1. The number of fused-ring (bicyclic) bond motifs is 1. The fourth-order valence-corrected chi connectivity index (χ4v) is 4.28. The van der Waals surface area contributed by atoms with Gasteiger partial charge in [0.2, 0.25) is 11.8 Å². The van der Waals surface area contributed by atoms with Crippen molar-refractivity contribution in [2.24, 2.45) is 11.8 Å². The highest BCUT2D eigenvalue weighted by Crippen LogP contribution is 2.32. The van der Waals surface area contributed by atoms with E-state index < -0.39 is 0 Å². The van der Waals surface area contributed by atoms with Crippen LogP contribution in [0.1, 0.15) is 45.6 Å². The van der Waals surface area contributed by atoms with E-state index in [4.69, 9.17) is 0 Å². The standard InChI is InChI=1S/C21H31N3O2/c1-15(2)11-21(26)24-13-18-5-4-10-23(20(18)14-24)12-17-6-8-19(9-7-17)22-16(3)25/h6-9,15,18,20H,4-5,10-14H2,1-3H3,(H,22,25)/t18-,20+/m1/s1. The highest BCUT2D eigenvalue weighted by Gasteiger charge is 2.40. The predicted octanol–water partition coefficient (Wildman–Crippen LogP) is 3.11. The van der Waals surface area contributed by atoms with Gasteiger partial charge < -0.3 is 10.2 Å². The van der Waals surface area contributed by atoms with Crippen LogP contribution in [0.25, 0.3) is 0 Å². The second-order valence-electron chi connectivity index (χ2n) is 8.21. The molecule has 1 aromatic rings. The Kier molecular flexibility index (Phi) is 5.97. The van der Waals surface area contributed by atoms with Crippen LogP contribution in [0.5, 0.6) is 0 Å². The summed E-state index contributed by atoms with van der Waals surface area (Å²) in [5.41, 5.74) is 2.09. The SMILES string of the molecule is CC(=O)Nc1ccc(CN2CCC[C@@H]3CN(C(=O)CC(C)C)C[C@@H]32)cc1. The molecule has 0 radical (unpaired) electrons. The van der Waals surface area contributed by atoms with E-state index in [2.05, 4.69) is 41.1 Å². The minimum Gasteiger partial charge on any atom is -0.341 e. The third kappa shape index (κ3) is 4.64. The van der Waals surface area contributed by atoms with Gasteiger partial charge in [-0.2, -0.15) is 0 Å². The van der Waals surface area contributed by atoms with Crippen LogP contribution in [-0.4, -0.2) is 47.3 Å². The minimum atomic E-state index is -0.0475. The van der Waals surface area contributed by atoms with Crippen LogP contribution < -0.4 is 5.32 Å². The number of carbonyl (C=O) groups is 2. The summed E-state index contributed by atoms with van der Waals surface area (Å²) in [6, 6.07) is 8.59. The first-order valence-electron chi connectivity index (χ1n) is 9.80. The lowest BCUT2D eigenvalue weighted by Gasteiger charge is -2.36. The molecule has 2 amide bonds. The number of nitrogens with one attached hydrogen (secondary N) is 1. The number of piperidine rings is 1. The number of hydrogen-bond donors (Lipinski definition) is 1. The number of amides is 2. The Morgan fingerprint density at radius 2 is 1.92 bits per heavy atom. The molecule has 2 aliphatic rings. The second-order valence-corrected chi connectivity index (χ2v) is 8.21. The summed E-state index contributed by atoms with van der Waals surface area (Å²) in [6.45, 7) is 9.55. The lowest BCUT2D eigenvalue weighted by molar-refractivity contribution is -0.131. The maximum Gasteiger partial charge on any atom is 0.222 e. The molecular weight excluding hydrogens is 326 g/mol. The van der Waals surface area contributed by atoms with Crippen molar-refractivity contribution in [1.29, 1.82) is 0 Å². The summed E-state index contributed by atoms with van der Waals surface area (Å²) >= 11 is 0. The molecular formula is C21H31N3O2. The molecule has 1 aromatic carbocycles. The van der Waals surface area contributed by atoms with Crippen LogP contribution in [0, 0.1) is 11.8 Å². The van der Waals surface area contributed by atoms with E-state index in [1.165, 1.54) is 25.3 Å². The monoisotopic (exact) mass is 357 g/mol. The number of hydrogen-bond acceptors (Lipinski definition) is 3. The fraction of sp³-hybridized carbons (Fsp3) is 0.619. The molecule has 26 heavy (non-hydrogen) atoms. The summed E-state index contributed by atoms with van der Waals surface area (Å²) < 4.78 is 0. The Labute approximate surface area is 156 Å². The molecule has 2 fully saturated rings. The van der Waals surface area contributed by atoms with Crippen LogP contribution in [0.3, 0.4) is 0 Å². The van der Waals surface area contributed by atoms with E-state index in [-0.39, 0.29) is 5.91 Å². The minimum absolute atomic E-state index is 0.0475. The van der Waals surface area contributed by atoms with Gasteiger partial charge in [0, 0.05) is 44.7 Å². The first kappa shape index (κ1) is 18.9. The normalized spacial score (nSPS) is 23.2. The Morgan fingerprint density at radius 3 is 2.58 bits per heavy atom. The van der Waals surface area contributed by atoms with Crippen molar-refractivity contribution >= 4 is 17.5 Å². The molecule has 2 saturated heterocycles. The zero-order valence-corrected chi connectivity index (χ0v) is 16.2. The van der Waals surface area contributed by atoms with Gasteiger partial charge in [-0.15, -0.1) is 0 Å². The Bertz CT molecular complexity index is 641. The molecule has 2 heterocycles. The summed E-state index contributed by atoms with van der Waals surface area (Å²) in [4.78, 5) is 28.2. The van der Waals surface area contributed by atoms with Crippen molar-refractivity contribution in [1.82, 2.24) is 9.80 Å². The summed E-state index contributed by atoms with van der Waals surface area (Å²) in [5, 5.41) is 2.81. The molecule has 0 bridgehead atoms. The average Bonchev–Trinajstić information content (AvgIpc) is 3.01. The number of carbonyl (C=O) groups excluding carboxylic acids is 2. The van der Waals surface area contributed by atoms with Crippen LogP contribution >= 0.6 is 0 Å². The lowest BCUT2D eigenvalue weighted by atomic mass is 9.91. The number of likely N-dealkylation sites (tertiary alicyclic amines) is 2. The molecule has 5 nitrogen and oxygen atoms in total. The average molecular weight is 357 g/mol. The maximum absolute atomic E-state index is 12.5. The van der Waals surface area contributed by atoms with Crippen molar-refractivity contribution in [2.75, 3.05) is 25.0 Å². The first-order valence-corrected chi connectivity index (χ1v) is 9.80. The highest BCUT2D eigenvalue weighted by molar-refractivity contribution is 5.88. The fourth-order valence-electron chi connectivity index (χ4n) is 4.28. The molecule has 2 aliphatic heterocycles. The molecule has 5 heteroatoms. The first-order chi connectivity index (χ1) is 12.4. The molecule has 0 saturated carbocycles. The second kappa shape index (κ2) is 8.21. The lowest BCUT2D eigenvalue weighted by Crippen LogP contribution is -2.44. The van der Waals surface area contributed by atoms with E-state index in [0.29, 0.717) is 30.2 Å². The van der Waals surface area contributed by atoms with Gasteiger partial charge in [0.05, 0.1) is 0 Å². The Morgan fingerprint density at radius 1 is 1.19 bits per heavy atom. The summed E-state index contributed by atoms with van der Waals surface area (Å²) in [7, 11) is 0. The highest BCUT2D eigenvalue weighted by atomic mass is 16.2. The van der Waals surface area contributed by atoms with E-state index in [1.807, 2.05) is 12.1 Å². The van der Waals surface area contributed by atoms with E-state index >= 15 is 0 Å². The van der Waals surface area contributed by atoms with Crippen molar-refractivity contribution < 1.29 is 9.59 Å². The molecule has 142 valence electrons. The van der Waals surface area contributed by atoms with Crippen LogP contribution in [0.4, 0.5) is 5.69 Å². The van der Waals surface area contributed by atoms with Gasteiger partial charge in [-0.3, -0.25) is 14.5 Å². The van der Waals surface area contributed by atoms with Crippen LogP contribution in [0.2, 0.25) is 0 Å². The maximum atomic E-state index is 12.5. The molecule has 1 N–H and O–H groups in total.